The average Bonchev–Trinajstić information content (AvgIpc) is 2.65. The summed E-state index contributed by atoms with van der Waals surface area (Å²) >= 11 is 12.0. The molecule has 2 rings (SSSR count). The molecule has 0 bridgehead atoms. The van der Waals surface area contributed by atoms with Crippen LogP contribution in [0, 0.1) is 5.82 Å². The lowest BCUT2D eigenvalue weighted by atomic mass is 10.1. The Bertz CT molecular complexity index is 856. The summed E-state index contributed by atoms with van der Waals surface area (Å²) in [6, 6.07) is 10.2. The van der Waals surface area contributed by atoms with Crippen molar-refractivity contribution in [2.75, 3.05) is 0 Å². The maximum atomic E-state index is 13.3. The number of nitrogens with one attached hydrogen (secondary N) is 1. The van der Waals surface area contributed by atoms with Gasteiger partial charge in [0, 0.05) is 12.6 Å². The molecule has 0 spiro atoms. The Labute approximate surface area is 181 Å². The zero-order chi connectivity index (χ0) is 21.6. The first-order valence-corrected chi connectivity index (χ1v) is 10.2. The Kier molecular flexibility index (Phi) is 8.47. The summed E-state index contributed by atoms with van der Waals surface area (Å²) in [6.45, 7) is 5.79. The average molecular weight is 439 g/mol. The lowest BCUT2D eigenvalue weighted by molar-refractivity contribution is -0.141. The van der Waals surface area contributed by atoms with Crippen LogP contribution in [0.2, 0.25) is 10.0 Å². The standard InChI is InChI=1S/C22H25Cl2FN2O2/c1-4-20(22(29)26-14(2)3)27(13-15-5-8-17(25)9-6-15)21(28)12-16-7-10-18(23)19(24)11-16/h5-11,14,20H,4,12-13H2,1-3H3,(H,26,29). The maximum absolute atomic E-state index is 13.3. The van der Waals surface area contributed by atoms with Crippen molar-refractivity contribution in [3.63, 3.8) is 0 Å². The first kappa shape index (κ1) is 23.2. The van der Waals surface area contributed by atoms with E-state index in [0.717, 1.165) is 5.56 Å². The monoisotopic (exact) mass is 438 g/mol. The minimum Gasteiger partial charge on any atom is -0.352 e. The molecule has 1 unspecified atom stereocenters. The van der Waals surface area contributed by atoms with Crippen molar-refractivity contribution in [1.82, 2.24) is 10.2 Å². The van der Waals surface area contributed by atoms with Crippen LogP contribution in [-0.2, 0) is 22.6 Å². The molecule has 0 saturated heterocycles. The van der Waals surface area contributed by atoms with E-state index in [1.807, 2.05) is 20.8 Å². The zero-order valence-corrected chi connectivity index (χ0v) is 18.2. The highest BCUT2D eigenvalue weighted by Crippen LogP contribution is 2.23. The summed E-state index contributed by atoms with van der Waals surface area (Å²) in [4.78, 5) is 27.4. The molecule has 2 amide bonds. The fourth-order valence-electron chi connectivity index (χ4n) is 3.01. The Morgan fingerprint density at radius 3 is 2.21 bits per heavy atom. The largest absolute Gasteiger partial charge is 0.352 e. The predicted molar refractivity (Wildman–Crippen MR) is 114 cm³/mol. The van der Waals surface area contributed by atoms with Gasteiger partial charge in [-0.3, -0.25) is 9.59 Å². The van der Waals surface area contributed by atoms with Crippen LogP contribution in [0.15, 0.2) is 42.5 Å². The van der Waals surface area contributed by atoms with Gasteiger partial charge in [0.25, 0.3) is 0 Å². The van der Waals surface area contributed by atoms with E-state index >= 15 is 0 Å². The normalized spacial score (nSPS) is 12.0. The van der Waals surface area contributed by atoms with Crippen LogP contribution in [0.25, 0.3) is 0 Å². The molecule has 1 N–H and O–H groups in total. The SMILES string of the molecule is CCC(C(=O)NC(C)C)N(Cc1ccc(F)cc1)C(=O)Cc1ccc(Cl)c(Cl)c1. The van der Waals surface area contributed by atoms with Gasteiger partial charge in [0.05, 0.1) is 16.5 Å². The Balaban J connectivity index is 2.30. The molecule has 156 valence electrons. The van der Waals surface area contributed by atoms with Crippen molar-refractivity contribution < 1.29 is 14.0 Å². The van der Waals surface area contributed by atoms with Crippen LogP contribution in [0.3, 0.4) is 0 Å². The van der Waals surface area contributed by atoms with Crippen LogP contribution in [0.4, 0.5) is 4.39 Å². The molecule has 1 atom stereocenters. The van der Waals surface area contributed by atoms with Gasteiger partial charge in [0.15, 0.2) is 0 Å². The van der Waals surface area contributed by atoms with Gasteiger partial charge < -0.3 is 10.2 Å². The third kappa shape index (κ3) is 6.72. The summed E-state index contributed by atoms with van der Waals surface area (Å²) < 4.78 is 13.3. The Hall–Kier alpha value is -2.11. The van der Waals surface area contributed by atoms with Gasteiger partial charge in [-0.2, -0.15) is 0 Å². The number of carbonyl (C=O) groups is 2. The minimum absolute atomic E-state index is 0.0469. The molecule has 0 heterocycles. The van der Waals surface area contributed by atoms with Gasteiger partial charge in [0.1, 0.15) is 11.9 Å². The molecular weight excluding hydrogens is 414 g/mol. The Morgan fingerprint density at radius 2 is 1.66 bits per heavy atom. The molecule has 4 nitrogen and oxygen atoms in total. The van der Waals surface area contributed by atoms with Gasteiger partial charge in [-0.1, -0.05) is 48.3 Å². The van der Waals surface area contributed by atoms with E-state index in [0.29, 0.717) is 22.0 Å². The predicted octanol–water partition coefficient (Wildman–Crippen LogP) is 5.01. The molecule has 0 aliphatic carbocycles. The second-order valence-electron chi connectivity index (χ2n) is 7.16. The second kappa shape index (κ2) is 10.6. The van der Waals surface area contributed by atoms with Gasteiger partial charge >= 0.3 is 0 Å². The van der Waals surface area contributed by atoms with Crippen LogP contribution in [-0.4, -0.2) is 28.8 Å². The van der Waals surface area contributed by atoms with E-state index in [9.17, 15) is 14.0 Å². The molecule has 0 aromatic heterocycles. The van der Waals surface area contributed by atoms with Crippen LogP contribution in [0.1, 0.15) is 38.3 Å². The number of hydrogen-bond acceptors (Lipinski definition) is 2. The molecule has 0 saturated carbocycles. The van der Waals surface area contributed by atoms with Gasteiger partial charge in [0.2, 0.25) is 11.8 Å². The number of hydrogen-bond donors (Lipinski definition) is 1. The zero-order valence-electron chi connectivity index (χ0n) is 16.7. The maximum Gasteiger partial charge on any atom is 0.243 e. The summed E-state index contributed by atoms with van der Waals surface area (Å²) in [5.74, 6) is -0.794. The van der Waals surface area contributed by atoms with Crippen LogP contribution >= 0.6 is 23.2 Å². The van der Waals surface area contributed by atoms with E-state index in [-0.39, 0.29) is 36.6 Å². The molecule has 0 fully saturated rings. The highest BCUT2D eigenvalue weighted by Gasteiger charge is 2.29. The van der Waals surface area contributed by atoms with Gasteiger partial charge in [-0.15, -0.1) is 0 Å². The number of amides is 2. The van der Waals surface area contributed by atoms with Crippen molar-refractivity contribution >= 4 is 35.0 Å². The first-order chi connectivity index (χ1) is 13.7. The smallest absolute Gasteiger partial charge is 0.243 e. The number of benzene rings is 2. The first-order valence-electron chi connectivity index (χ1n) is 9.49. The fraction of sp³-hybridized carbons (Fsp3) is 0.364. The third-order valence-electron chi connectivity index (χ3n) is 4.42. The molecule has 2 aromatic rings. The van der Waals surface area contributed by atoms with Crippen molar-refractivity contribution in [3.8, 4) is 0 Å². The van der Waals surface area contributed by atoms with Crippen molar-refractivity contribution in [3.05, 3.63) is 69.5 Å². The summed E-state index contributed by atoms with van der Waals surface area (Å²) in [5, 5.41) is 3.65. The number of carbonyl (C=O) groups excluding carboxylic acids is 2. The third-order valence-corrected chi connectivity index (χ3v) is 5.16. The second-order valence-corrected chi connectivity index (χ2v) is 7.98. The molecule has 0 radical (unpaired) electrons. The minimum atomic E-state index is -0.641. The topological polar surface area (TPSA) is 49.4 Å². The van der Waals surface area contributed by atoms with Crippen molar-refractivity contribution in [2.45, 2.75) is 52.2 Å². The highest BCUT2D eigenvalue weighted by molar-refractivity contribution is 6.42. The molecule has 0 aliphatic heterocycles. The van der Waals surface area contributed by atoms with Crippen molar-refractivity contribution in [1.29, 1.82) is 0 Å². The fourth-order valence-corrected chi connectivity index (χ4v) is 3.33. The molecule has 7 heteroatoms. The summed E-state index contributed by atoms with van der Waals surface area (Å²) in [7, 11) is 0. The number of halogens is 3. The van der Waals surface area contributed by atoms with E-state index in [4.69, 9.17) is 23.2 Å². The molecule has 2 aromatic carbocycles. The van der Waals surface area contributed by atoms with E-state index in [1.165, 1.54) is 17.0 Å². The molecule has 29 heavy (non-hydrogen) atoms. The van der Waals surface area contributed by atoms with E-state index in [1.54, 1.807) is 30.3 Å². The van der Waals surface area contributed by atoms with Gasteiger partial charge in [-0.25, -0.2) is 4.39 Å². The number of rotatable bonds is 8. The van der Waals surface area contributed by atoms with E-state index in [2.05, 4.69) is 5.32 Å². The molecule has 0 aliphatic rings. The highest BCUT2D eigenvalue weighted by atomic mass is 35.5. The Morgan fingerprint density at radius 1 is 1.03 bits per heavy atom. The number of nitrogens with zero attached hydrogens (tertiary/aromatic N) is 1. The van der Waals surface area contributed by atoms with E-state index < -0.39 is 6.04 Å². The van der Waals surface area contributed by atoms with Crippen LogP contribution in [0.5, 0.6) is 0 Å². The summed E-state index contributed by atoms with van der Waals surface area (Å²) in [5.41, 5.74) is 1.44. The quantitative estimate of drug-likeness (QED) is 0.629. The lowest BCUT2D eigenvalue weighted by Crippen LogP contribution is -2.50. The molecular formula is C22H25Cl2FN2O2. The van der Waals surface area contributed by atoms with Crippen LogP contribution < -0.4 is 5.32 Å². The van der Waals surface area contributed by atoms with Gasteiger partial charge in [-0.05, 0) is 55.7 Å². The van der Waals surface area contributed by atoms with Crippen molar-refractivity contribution in [2.24, 2.45) is 0 Å². The lowest BCUT2D eigenvalue weighted by Gasteiger charge is -2.31. The summed E-state index contributed by atoms with van der Waals surface area (Å²) in [6.07, 6.45) is 0.524.